The lowest BCUT2D eigenvalue weighted by Crippen LogP contribution is -2.01. The Bertz CT molecular complexity index is 778. The molecule has 0 N–H and O–H groups in total. The van der Waals surface area contributed by atoms with Crippen LogP contribution in [-0.2, 0) is 0 Å². The molecule has 2 heterocycles. The average molecular weight is 342 g/mol. The quantitative estimate of drug-likeness (QED) is 0.587. The first-order chi connectivity index (χ1) is 8.66. The highest BCUT2D eigenvalue weighted by atomic mass is 79.9. The van der Waals surface area contributed by atoms with Crippen LogP contribution < -0.4 is 5.63 Å². The molecule has 0 saturated heterocycles. The van der Waals surface area contributed by atoms with Crippen molar-refractivity contribution in [1.82, 2.24) is 0 Å². The number of benzene rings is 1. The average Bonchev–Trinajstić information content (AvgIpc) is 2.85. The van der Waals surface area contributed by atoms with Crippen molar-refractivity contribution < 1.29 is 4.42 Å². The van der Waals surface area contributed by atoms with Gasteiger partial charge in [0.2, 0.25) is 0 Å². The summed E-state index contributed by atoms with van der Waals surface area (Å²) in [6, 6.07) is 9.35. The molecule has 2 aromatic heterocycles. The normalized spacial score (nSPS) is 11.0. The van der Waals surface area contributed by atoms with Crippen molar-refractivity contribution in [1.29, 1.82) is 0 Å². The highest BCUT2D eigenvalue weighted by molar-refractivity contribution is 9.10. The van der Waals surface area contributed by atoms with Gasteiger partial charge in [-0.05, 0) is 29.6 Å². The second-order valence-electron chi connectivity index (χ2n) is 3.70. The third-order valence-electron chi connectivity index (χ3n) is 2.58. The molecule has 0 unspecified atom stereocenters. The van der Waals surface area contributed by atoms with Crippen LogP contribution in [0.4, 0.5) is 0 Å². The van der Waals surface area contributed by atoms with Crippen LogP contribution in [0.25, 0.3) is 21.4 Å². The minimum absolute atomic E-state index is 0.128. The zero-order valence-electron chi connectivity index (χ0n) is 8.94. The van der Waals surface area contributed by atoms with Gasteiger partial charge in [-0.15, -0.1) is 11.3 Å². The molecule has 0 radical (unpaired) electrons. The zero-order chi connectivity index (χ0) is 12.7. The number of halogens is 2. The standard InChI is InChI=1S/C13H6BrClO2S/c14-7-3-4-9-8(6-7)11(10-2-1-5-18-10)12(15)13(16)17-9/h1-6H. The predicted octanol–water partition coefficient (Wildman–Crippen LogP) is 4.94. The Morgan fingerprint density at radius 1 is 1.28 bits per heavy atom. The summed E-state index contributed by atoms with van der Waals surface area (Å²) in [6.07, 6.45) is 0. The summed E-state index contributed by atoms with van der Waals surface area (Å²) in [7, 11) is 0. The van der Waals surface area contributed by atoms with Crippen LogP contribution in [0.5, 0.6) is 0 Å². The van der Waals surface area contributed by atoms with Crippen molar-refractivity contribution in [2.45, 2.75) is 0 Å². The van der Waals surface area contributed by atoms with E-state index in [9.17, 15) is 4.79 Å². The number of fused-ring (bicyclic) bond motifs is 1. The Kier molecular flexibility index (Phi) is 3.01. The number of rotatable bonds is 1. The van der Waals surface area contributed by atoms with E-state index in [0.717, 1.165) is 20.3 Å². The van der Waals surface area contributed by atoms with E-state index in [-0.39, 0.29) is 5.02 Å². The third-order valence-corrected chi connectivity index (χ3v) is 4.30. The summed E-state index contributed by atoms with van der Waals surface area (Å²) in [5.74, 6) is 0. The van der Waals surface area contributed by atoms with E-state index in [0.29, 0.717) is 5.58 Å². The van der Waals surface area contributed by atoms with Crippen LogP contribution in [0.2, 0.25) is 5.02 Å². The summed E-state index contributed by atoms with van der Waals surface area (Å²) in [5.41, 5.74) is 0.769. The minimum Gasteiger partial charge on any atom is -0.422 e. The molecule has 0 fully saturated rings. The van der Waals surface area contributed by atoms with Gasteiger partial charge in [0.05, 0.1) is 0 Å². The molecule has 0 aliphatic rings. The van der Waals surface area contributed by atoms with Gasteiger partial charge in [0.25, 0.3) is 0 Å². The minimum atomic E-state index is -0.505. The van der Waals surface area contributed by atoms with Crippen LogP contribution in [0.3, 0.4) is 0 Å². The summed E-state index contributed by atoms with van der Waals surface area (Å²) >= 11 is 11.1. The maximum absolute atomic E-state index is 11.7. The van der Waals surface area contributed by atoms with Crippen LogP contribution in [-0.4, -0.2) is 0 Å². The summed E-state index contributed by atoms with van der Waals surface area (Å²) in [5, 5.41) is 2.91. The Morgan fingerprint density at radius 3 is 2.83 bits per heavy atom. The van der Waals surface area contributed by atoms with E-state index in [1.165, 1.54) is 11.3 Å². The molecule has 1 aromatic carbocycles. The maximum atomic E-state index is 11.7. The van der Waals surface area contributed by atoms with E-state index in [4.69, 9.17) is 16.0 Å². The molecule has 0 spiro atoms. The van der Waals surface area contributed by atoms with Crippen molar-refractivity contribution in [3.05, 3.63) is 55.6 Å². The highest BCUT2D eigenvalue weighted by Gasteiger charge is 2.15. The zero-order valence-corrected chi connectivity index (χ0v) is 12.1. The molecule has 0 atom stereocenters. The van der Waals surface area contributed by atoms with Crippen molar-refractivity contribution >= 4 is 49.8 Å². The molecule has 5 heteroatoms. The van der Waals surface area contributed by atoms with Gasteiger partial charge in [-0.25, -0.2) is 4.79 Å². The van der Waals surface area contributed by atoms with Crippen LogP contribution in [0.15, 0.2) is 49.4 Å². The fraction of sp³-hybridized carbons (Fsp3) is 0. The molecule has 0 aliphatic heterocycles. The SMILES string of the molecule is O=c1oc2ccc(Br)cc2c(-c2cccs2)c1Cl. The molecule has 90 valence electrons. The molecule has 0 bridgehead atoms. The van der Waals surface area contributed by atoms with Crippen molar-refractivity contribution in [2.24, 2.45) is 0 Å². The topological polar surface area (TPSA) is 30.2 Å². The lowest BCUT2D eigenvalue weighted by Gasteiger charge is -2.06. The van der Waals surface area contributed by atoms with E-state index < -0.39 is 5.63 Å². The van der Waals surface area contributed by atoms with Gasteiger partial charge in [0.15, 0.2) is 0 Å². The Balaban J connectivity index is 2.51. The molecule has 3 rings (SSSR count). The predicted molar refractivity (Wildman–Crippen MR) is 78.5 cm³/mol. The monoisotopic (exact) mass is 340 g/mol. The third kappa shape index (κ3) is 1.90. The smallest absolute Gasteiger partial charge is 0.355 e. The lowest BCUT2D eigenvalue weighted by molar-refractivity contribution is 0.562. The largest absolute Gasteiger partial charge is 0.422 e. The number of hydrogen-bond donors (Lipinski definition) is 0. The first kappa shape index (κ1) is 12.0. The number of thiophene rings is 1. The molecule has 2 nitrogen and oxygen atoms in total. The molecule has 18 heavy (non-hydrogen) atoms. The molecule has 3 aromatic rings. The fourth-order valence-electron chi connectivity index (χ4n) is 1.81. The van der Waals surface area contributed by atoms with Crippen LogP contribution >= 0.6 is 38.9 Å². The van der Waals surface area contributed by atoms with Gasteiger partial charge >= 0.3 is 5.63 Å². The van der Waals surface area contributed by atoms with Crippen LogP contribution in [0.1, 0.15) is 0 Å². The highest BCUT2D eigenvalue weighted by Crippen LogP contribution is 2.36. The van der Waals surface area contributed by atoms with Crippen molar-refractivity contribution in [2.75, 3.05) is 0 Å². The summed E-state index contributed by atoms with van der Waals surface area (Å²) in [4.78, 5) is 12.7. The number of hydrogen-bond acceptors (Lipinski definition) is 3. The molecular formula is C13H6BrClO2S. The van der Waals surface area contributed by atoms with Gasteiger partial charge in [0.1, 0.15) is 10.6 Å². The van der Waals surface area contributed by atoms with Gasteiger partial charge in [-0.1, -0.05) is 33.6 Å². The second-order valence-corrected chi connectivity index (χ2v) is 5.94. The van der Waals surface area contributed by atoms with Gasteiger partial charge < -0.3 is 4.42 Å². The Labute approximate surface area is 120 Å². The summed E-state index contributed by atoms with van der Waals surface area (Å²) < 4.78 is 6.10. The Hall–Kier alpha value is -1.10. The molecular weight excluding hydrogens is 336 g/mol. The van der Waals surface area contributed by atoms with E-state index >= 15 is 0 Å². The van der Waals surface area contributed by atoms with Gasteiger partial charge in [-0.3, -0.25) is 0 Å². The fourth-order valence-corrected chi connectivity index (χ4v) is 3.26. The summed E-state index contributed by atoms with van der Waals surface area (Å²) in [6.45, 7) is 0. The Morgan fingerprint density at radius 2 is 2.11 bits per heavy atom. The van der Waals surface area contributed by atoms with Gasteiger partial charge in [0, 0.05) is 20.3 Å². The van der Waals surface area contributed by atoms with Crippen molar-refractivity contribution in [3.63, 3.8) is 0 Å². The first-order valence-corrected chi connectivity index (χ1v) is 7.17. The molecule has 0 saturated carbocycles. The molecule has 0 aliphatic carbocycles. The van der Waals surface area contributed by atoms with E-state index in [2.05, 4.69) is 15.9 Å². The molecule has 0 amide bonds. The van der Waals surface area contributed by atoms with Gasteiger partial charge in [-0.2, -0.15) is 0 Å². The maximum Gasteiger partial charge on any atom is 0.355 e. The van der Waals surface area contributed by atoms with E-state index in [1.807, 2.05) is 29.6 Å². The van der Waals surface area contributed by atoms with Crippen molar-refractivity contribution in [3.8, 4) is 10.4 Å². The lowest BCUT2D eigenvalue weighted by atomic mass is 10.1. The van der Waals surface area contributed by atoms with E-state index in [1.54, 1.807) is 6.07 Å². The van der Waals surface area contributed by atoms with Crippen LogP contribution in [0, 0.1) is 0 Å². The second kappa shape index (κ2) is 4.53. The first-order valence-electron chi connectivity index (χ1n) is 5.12.